The summed E-state index contributed by atoms with van der Waals surface area (Å²) in [6.45, 7) is 5.42. The maximum atomic E-state index is 13.0. The number of thiophene rings is 1. The average molecular weight is 472 g/mol. The van der Waals surface area contributed by atoms with E-state index < -0.39 is 12.1 Å². The lowest BCUT2D eigenvalue weighted by atomic mass is 10.1. The van der Waals surface area contributed by atoms with E-state index in [0.717, 1.165) is 13.1 Å². The number of carbonyl (C=O) groups excluding carboxylic acids is 2. The van der Waals surface area contributed by atoms with Gasteiger partial charge in [-0.25, -0.2) is 4.79 Å². The highest BCUT2D eigenvalue weighted by Crippen LogP contribution is 2.38. The van der Waals surface area contributed by atoms with E-state index in [1.54, 1.807) is 17.0 Å². The topological polar surface area (TPSA) is 125 Å². The summed E-state index contributed by atoms with van der Waals surface area (Å²) >= 11 is 1.26. The minimum atomic E-state index is -5.08. The van der Waals surface area contributed by atoms with Crippen LogP contribution in [0.25, 0.3) is 0 Å². The van der Waals surface area contributed by atoms with Crippen LogP contribution in [0.5, 0.6) is 0 Å². The molecule has 0 radical (unpaired) electrons. The molecule has 0 atom stereocenters. The highest BCUT2D eigenvalue weighted by Gasteiger charge is 2.38. The van der Waals surface area contributed by atoms with Gasteiger partial charge in [0.25, 0.3) is 5.91 Å². The number of benzene rings is 1. The van der Waals surface area contributed by atoms with Crippen molar-refractivity contribution in [3.05, 3.63) is 46.3 Å². The molecular weight excluding hydrogens is 449 g/mol. The number of aliphatic carboxylic acids is 1. The van der Waals surface area contributed by atoms with Crippen LogP contribution in [0.3, 0.4) is 0 Å². The molecule has 0 bridgehead atoms. The molecule has 8 nitrogen and oxygen atoms in total. The van der Waals surface area contributed by atoms with Crippen LogP contribution in [0, 0.1) is 0 Å². The van der Waals surface area contributed by atoms with Crippen molar-refractivity contribution in [2.75, 3.05) is 43.8 Å². The second kappa shape index (κ2) is 11.0. The average Bonchev–Trinajstić information content (AvgIpc) is 3.09. The number of carboxylic acids is 1. The van der Waals surface area contributed by atoms with Crippen molar-refractivity contribution in [2.45, 2.75) is 13.1 Å². The van der Waals surface area contributed by atoms with E-state index in [2.05, 4.69) is 10.6 Å². The van der Waals surface area contributed by atoms with Gasteiger partial charge < -0.3 is 26.4 Å². The van der Waals surface area contributed by atoms with Crippen LogP contribution in [0.4, 0.5) is 23.9 Å². The molecule has 1 aromatic carbocycles. The summed E-state index contributed by atoms with van der Waals surface area (Å²) < 4.78 is 31.7. The third-order valence-corrected chi connectivity index (χ3v) is 5.55. The number of rotatable bonds is 5. The number of carbonyl (C=O) groups is 3. The van der Waals surface area contributed by atoms with Crippen LogP contribution in [0.15, 0.2) is 30.3 Å². The Balaban J connectivity index is 0.000000451. The van der Waals surface area contributed by atoms with Crippen LogP contribution in [-0.2, 0) is 4.79 Å². The second-order valence-electron chi connectivity index (χ2n) is 6.62. The Morgan fingerprint density at radius 2 is 1.75 bits per heavy atom. The minimum absolute atomic E-state index is 0.113. The van der Waals surface area contributed by atoms with Gasteiger partial charge in [-0.2, -0.15) is 13.2 Å². The fourth-order valence-electron chi connectivity index (χ4n) is 2.86. The maximum absolute atomic E-state index is 13.0. The van der Waals surface area contributed by atoms with Crippen molar-refractivity contribution >= 4 is 39.7 Å². The summed E-state index contributed by atoms with van der Waals surface area (Å²) in [5.41, 5.74) is 7.54. The van der Waals surface area contributed by atoms with Gasteiger partial charge in [-0.1, -0.05) is 30.3 Å². The number of amides is 1. The minimum Gasteiger partial charge on any atom is -0.475 e. The highest BCUT2D eigenvalue weighted by molar-refractivity contribution is 7.19. The number of piperazine rings is 1. The number of ketones is 1. The zero-order chi connectivity index (χ0) is 23.9. The fourth-order valence-corrected chi connectivity index (χ4v) is 4.00. The Kier molecular flexibility index (Phi) is 8.61. The molecule has 1 aliphatic heterocycles. The number of alkyl halides is 3. The first kappa shape index (κ1) is 25.1. The molecule has 12 heteroatoms. The van der Waals surface area contributed by atoms with Crippen LogP contribution < -0.4 is 16.4 Å². The quantitative estimate of drug-likeness (QED) is 0.493. The predicted molar refractivity (Wildman–Crippen MR) is 115 cm³/mol. The van der Waals surface area contributed by atoms with Crippen LogP contribution >= 0.6 is 11.3 Å². The molecule has 5 N–H and O–H groups in total. The summed E-state index contributed by atoms with van der Waals surface area (Å²) in [6.07, 6.45) is -5.08. The van der Waals surface area contributed by atoms with E-state index in [0.29, 0.717) is 40.6 Å². The zero-order valence-electron chi connectivity index (χ0n) is 17.2. The molecule has 0 spiro atoms. The van der Waals surface area contributed by atoms with E-state index in [-0.39, 0.29) is 17.4 Å². The first-order chi connectivity index (χ1) is 15.1. The number of carboxylic acid groups (broad SMARTS) is 1. The number of nitrogens with zero attached hydrogens (tertiary/aromatic N) is 1. The maximum Gasteiger partial charge on any atom is 0.490 e. The Morgan fingerprint density at radius 1 is 1.19 bits per heavy atom. The molecule has 1 aromatic heterocycles. The molecular formula is C20H23F3N4O4S. The molecule has 1 aliphatic rings. The number of anilines is 2. The number of halogens is 3. The van der Waals surface area contributed by atoms with Crippen molar-refractivity contribution in [3.63, 3.8) is 0 Å². The molecule has 32 heavy (non-hydrogen) atoms. The Labute approximate surface area is 186 Å². The standard InChI is InChI=1S/C18H22N4O2S.C2HF3O2/c1-2-21-17-13(18(24)22-10-8-20-9-11-22)14(19)16(25-17)15(23)12-6-4-3-5-7-12;3-2(4,5)1(6)7/h3-7,20-21H,2,8-11,19H2,1H3;(H,6,7). The second-order valence-corrected chi connectivity index (χ2v) is 7.64. The van der Waals surface area contributed by atoms with Crippen molar-refractivity contribution in [1.29, 1.82) is 0 Å². The van der Waals surface area contributed by atoms with Gasteiger partial charge in [0.15, 0.2) is 0 Å². The van der Waals surface area contributed by atoms with E-state index in [1.165, 1.54) is 11.3 Å². The van der Waals surface area contributed by atoms with E-state index in [9.17, 15) is 22.8 Å². The van der Waals surface area contributed by atoms with Crippen molar-refractivity contribution in [3.8, 4) is 0 Å². The van der Waals surface area contributed by atoms with Crippen LogP contribution in [-0.4, -0.2) is 66.6 Å². The summed E-state index contributed by atoms with van der Waals surface area (Å²) in [7, 11) is 0. The van der Waals surface area contributed by atoms with Gasteiger partial charge >= 0.3 is 12.1 Å². The first-order valence-electron chi connectivity index (χ1n) is 9.63. The highest BCUT2D eigenvalue weighted by atomic mass is 32.1. The molecule has 1 fully saturated rings. The lowest BCUT2D eigenvalue weighted by molar-refractivity contribution is -0.192. The van der Waals surface area contributed by atoms with E-state index in [1.807, 2.05) is 25.1 Å². The van der Waals surface area contributed by atoms with E-state index >= 15 is 0 Å². The monoisotopic (exact) mass is 472 g/mol. The molecule has 1 amide bonds. The Bertz CT molecular complexity index is 958. The fraction of sp³-hybridized carbons (Fsp3) is 0.350. The molecule has 2 heterocycles. The number of nitrogens with two attached hydrogens (primary N) is 1. The van der Waals surface area contributed by atoms with Gasteiger partial charge in [0.2, 0.25) is 5.78 Å². The van der Waals surface area contributed by atoms with Crippen LogP contribution in [0.1, 0.15) is 32.5 Å². The summed E-state index contributed by atoms with van der Waals surface area (Å²) in [6, 6.07) is 9.00. The summed E-state index contributed by atoms with van der Waals surface area (Å²) in [5, 5.41) is 14.2. The summed E-state index contributed by atoms with van der Waals surface area (Å²) in [4.78, 5) is 36.9. The molecule has 174 valence electrons. The third-order valence-electron chi connectivity index (χ3n) is 4.39. The lowest BCUT2D eigenvalue weighted by Crippen LogP contribution is -2.46. The SMILES string of the molecule is CCNc1sc(C(=O)c2ccccc2)c(N)c1C(=O)N1CCNCC1.O=C(O)C(F)(F)F. The number of nitrogens with one attached hydrogen (secondary N) is 2. The van der Waals surface area contributed by atoms with Gasteiger partial charge in [0.05, 0.1) is 11.3 Å². The molecule has 0 aliphatic carbocycles. The lowest BCUT2D eigenvalue weighted by Gasteiger charge is -2.27. The smallest absolute Gasteiger partial charge is 0.475 e. The van der Waals surface area contributed by atoms with Gasteiger partial charge in [0, 0.05) is 38.3 Å². The van der Waals surface area contributed by atoms with Crippen molar-refractivity contribution in [2.24, 2.45) is 0 Å². The van der Waals surface area contributed by atoms with Crippen LogP contribution in [0.2, 0.25) is 0 Å². The normalized spacial score (nSPS) is 13.7. The molecule has 3 rings (SSSR count). The first-order valence-corrected chi connectivity index (χ1v) is 10.5. The third kappa shape index (κ3) is 6.20. The Hall–Kier alpha value is -3.12. The zero-order valence-corrected chi connectivity index (χ0v) is 18.0. The predicted octanol–water partition coefficient (Wildman–Crippen LogP) is 2.67. The van der Waals surface area contributed by atoms with Crippen molar-refractivity contribution in [1.82, 2.24) is 10.2 Å². The summed E-state index contributed by atoms with van der Waals surface area (Å²) in [5.74, 6) is -3.02. The molecule has 0 unspecified atom stereocenters. The number of hydrogen-bond acceptors (Lipinski definition) is 7. The molecule has 2 aromatic rings. The number of nitrogen functional groups attached to an aromatic ring is 1. The van der Waals surface area contributed by atoms with Gasteiger partial charge in [-0.3, -0.25) is 9.59 Å². The largest absolute Gasteiger partial charge is 0.490 e. The van der Waals surface area contributed by atoms with Gasteiger partial charge in [-0.05, 0) is 6.92 Å². The number of hydrogen-bond donors (Lipinski definition) is 4. The molecule has 1 saturated heterocycles. The molecule has 0 saturated carbocycles. The Morgan fingerprint density at radius 3 is 2.25 bits per heavy atom. The van der Waals surface area contributed by atoms with Gasteiger partial charge in [0.1, 0.15) is 9.88 Å². The van der Waals surface area contributed by atoms with Gasteiger partial charge in [-0.15, -0.1) is 11.3 Å². The van der Waals surface area contributed by atoms with E-state index in [4.69, 9.17) is 15.6 Å². The van der Waals surface area contributed by atoms with Crippen molar-refractivity contribution < 1.29 is 32.7 Å².